The third-order valence-corrected chi connectivity index (χ3v) is 6.06. The van der Waals surface area contributed by atoms with Gasteiger partial charge in [0.2, 0.25) is 17.7 Å². The predicted octanol–water partition coefficient (Wildman–Crippen LogP) is 3.98. The van der Waals surface area contributed by atoms with Gasteiger partial charge in [-0.1, -0.05) is 6.07 Å². The van der Waals surface area contributed by atoms with Crippen molar-refractivity contribution in [1.82, 2.24) is 4.98 Å². The maximum absolute atomic E-state index is 12.8. The number of nitrogens with two attached hydrogens (primary N) is 1. The molecule has 0 spiro atoms. The third-order valence-electron chi connectivity index (χ3n) is 5.20. The molecule has 0 bridgehead atoms. The van der Waals surface area contributed by atoms with Gasteiger partial charge in [-0.15, -0.1) is 11.3 Å². The molecular weight excluding hydrogens is 400 g/mol. The summed E-state index contributed by atoms with van der Waals surface area (Å²) in [6.45, 7) is 3.65. The number of rotatable bonds is 6. The Balaban J connectivity index is 1.55. The SMILES string of the molecule is Cc1oc(-c2cccs2)nc1CC(=O)Nc1cc(C(N)=O)ccc1N1CCCCC1. The number of thiophene rings is 1. The zero-order valence-corrected chi connectivity index (χ0v) is 17.6. The fourth-order valence-electron chi connectivity index (χ4n) is 3.64. The molecule has 30 heavy (non-hydrogen) atoms. The average Bonchev–Trinajstić information content (AvgIpc) is 3.39. The number of aromatic nitrogens is 1. The second-order valence-electron chi connectivity index (χ2n) is 7.37. The lowest BCUT2D eigenvalue weighted by Gasteiger charge is -2.30. The zero-order valence-electron chi connectivity index (χ0n) is 16.8. The van der Waals surface area contributed by atoms with Gasteiger partial charge in [-0.2, -0.15) is 0 Å². The number of carbonyl (C=O) groups excluding carboxylic acids is 2. The molecule has 4 rings (SSSR count). The summed E-state index contributed by atoms with van der Waals surface area (Å²) in [5.41, 5.74) is 7.91. The van der Waals surface area contributed by atoms with Gasteiger partial charge >= 0.3 is 0 Å². The molecule has 1 saturated heterocycles. The van der Waals surface area contributed by atoms with Crippen LogP contribution in [0.25, 0.3) is 10.8 Å². The van der Waals surface area contributed by atoms with Crippen molar-refractivity contribution < 1.29 is 14.0 Å². The number of oxazole rings is 1. The van der Waals surface area contributed by atoms with E-state index in [1.54, 1.807) is 19.1 Å². The largest absolute Gasteiger partial charge is 0.440 e. The van der Waals surface area contributed by atoms with Crippen molar-refractivity contribution >= 4 is 34.5 Å². The van der Waals surface area contributed by atoms with E-state index in [4.69, 9.17) is 10.2 Å². The van der Waals surface area contributed by atoms with Crippen molar-refractivity contribution in [3.05, 3.63) is 52.7 Å². The molecule has 1 aromatic carbocycles. The van der Waals surface area contributed by atoms with Crippen LogP contribution in [-0.2, 0) is 11.2 Å². The first-order valence-corrected chi connectivity index (χ1v) is 10.9. The highest BCUT2D eigenvalue weighted by Gasteiger charge is 2.20. The van der Waals surface area contributed by atoms with Crippen LogP contribution in [0.1, 0.15) is 41.1 Å². The van der Waals surface area contributed by atoms with Gasteiger partial charge in [0.05, 0.1) is 28.4 Å². The number of piperidine rings is 1. The number of hydrogen-bond acceptors (Lipinski definition) is 6. The maximum atomic E-state index is 12.8. The second kappa shape index (κ2) is 8.71. The molecule has 7 nitrogen and oxygen atoms in total. The summed E-state index contributed by atoms with van der Waals surface area (Å²) in [6.07, 6.45) is 3.50. The van der Waals surface area contributed by atoms with Gasteiger partial charge < -0.3 is 20.4 Å². The number of carbonyl (C=O) groups is 2. The van der Waals surface area contributed by atoms with E-state index in [1.807, 2.05) is 23.6 Å². The molecule has 156 valence electrons. The quantitative estimate of drug-likeness (QED) is 0.623. The Hall–Kier alpha value is -3.13. The number of primary amides is 1. The van der Waals surface area contributed by atoms with Crippen LogP contribution >= 0.6 is 11.3 Å². The van der Waals surface area contributed by atoms with Crippen molar-refractivity contribution in [2.75, 3.05) is 23.3 Å². The summed E-state index contributed by atoms with van der Waals surface area (Å²) in [7, 11) is 0. The van der Waals surface area contributed by atoms with Gasteiger partial charge in [-0.05, 0) is 55.8 Å². The number of benzene rings is 1. The Morgan fingerprint density at radius 3 is 2.73 bits per heavy atom. The Morgan fingerprint density at radius 2 is 2.03 bits per heavy atom. The molecule has 8 heteroatoms. The smallest absolute Gasteiger partial charge is 0.248 e. The van der Waals surface area contributed by atoms with Crippen LogP contribution in [0, 0.1) is 6.92 Å². The molecule has 0 unspecified atom stereocenters. The van der Waals surface area contributed by atoms with Crippen LogP contribution in [-0.4, -0.2) is 29.9 Å². The van der Waals surface area contributed by atoms with Crippen molar-refractivity contribution in [3.63, 3.8) is 0 Å². The molecule has 0 radical (unpaired) electrons. The van der Waals surface area contributed by atoms with Crippen LogP contribution in [0.2, 0.25) is 0 Å². The van der Waals surface area contributed by atoms with Gasteiger partial charge in [0.15, 0.2) is 0 Å². The van der Waals surface area contributed by atoms with Gasteiger partial charge in [0, 0.05) is 18.7 Å². The van der Waals surface area contributed by atoms with Crippen LogP contribution in [0.4, 0.5) is 11.4 Å². The number of hydrogen-bond donors (Lipinski definition) is 2. The lowest BCUT2D eigenvalue weighted by atomic mass is 10.1. The lowest BCUT2D eigenvalue weighted by molar-refractivity contribution is -0.115. The third kappa shape index (κ3) is 4.38. The van der Waals surface area contributed by atoms with Crippen molar-refractivity contribution in [2.24, 2.45) is 5.73 Å². The fourth-order valence-corrected chi connectivity index (χ4v) is 4.29. The molecule has 3 heterocycles. The predicted molar refractivity (Wildman–Crippen MR) is 118 cm³/mol. The van der Waals surface area contributed by atoms with Crippen molar-refractivity contribution in [1.29, 1.82) is 0 Å². The summed E-state index contributed by atoms with van der Waals surface area (Å²) < 4.78 is 5.73. The highest BCUT2D eigenvalue weighted by Crippen LogP contribution is 2.30. The molecule has 3 aromatic rings. The van der Waals surface area contributed by atoms with Gasteiger partial charge in [-0.3, -0.25) is 9.59 Å². The molecule has 0 atom stereocenters. The highest BCUT2D eigenvalue weighted by atomic mass is 32.1. The van der Waals surface area contributed by atoms with Crippen LogP contribution in [0.5, 0.6) is 0 Å². The molecule has 2 aromatic heterocycles. The van der Waals surface area contributed by atoms with E-state index in [0.717, 1.165) is 36.5 Å². The van der Waals surface area contributed by atoms with Gasteiger partial charge in [-0.25, -0.2) is 4.98 Å². The number of anilines is 2. The summed E-state index contributed by atoms with van der Waals surface area (Å²) >= 11 is 1.54. The Morgan fingerprint density at radius 1 is 1.23 bits per heavy atom. The highest BCUT2D eigenvalue weighted by molar-refractivity contribution is 7.13. The van der Waals surface area contributed by atoms with Crippen LogP contribution in [0.15, 0.2) is 40.1 Å². The monoisotopic (exact) mass is 424 g/mol. The number of amides is 2. The molecule has 0 aliphatic carbocycles. The number of aryl methyl sites for hydroxylation is 1. The van der Waals surface area contributed by atoms with Crippen LogP contribution in [0.3, 0.4) is 0 Å². The van der Waals surface area contributed by atoms with Crippen molar-refractivity contribution in [2.45, 2.75) is 32.6 Å². The Labute approximate surface area is 178 Å². The fraction of sp³-hybridized carbons (Fsp3) is 0.318. The minimum Gasteiger partial charge on any atom is -0.440 e. The number of nitrogens with zero attached hydrogens (tertiary/aromatic N) is 2. The van der Waals surface area contributed by atoms with E-state index >= 15 is 0 Å². The molecule has 1 fully saturated rings. The van der Waals surface area contributed by atoms with Crippen molar-refractivity contribution in [3.8, 4) is 10.8 Å². The second-order valence-corrected chi connectivity index (χ2v) is 8.32. The van der Waals surface area contributed by atoms with Gasteiger partial charge in [0.25, 0.3) is 0 Å². The maximum Gasteiger partial charge on any atom is 0.248 e. The first-order valence-electron chi connectivity index (χ1n) is 10.00. The van der Waals surface area contributed by atoms with Crippen LogP contribution < -0.4 is 16.0 Å². The summed E-state index contributed by atoms with van der Waals surface area (Å²) in [5.74, 6) is 0.401. The molecule has 1 aliphatic heterocycles. The van der Waals surface area contributed by atoms with E-state index in [1.165, 1.54) is 17.8 Å². The minimum atomic E-state index is -0.524. The average molecular weight is 425 g/mol. The van der Waals surface area contributed by atoms with E-state index in [-0.39, 0.29) is 12.3 Å². The molecule has 2 amide bonds. The molecular formula is C22H24N4O3S. The van der Waals surface area contributed by atoms with E-state index in [0.29, 0.717) is 28.6 Å². The van der Waals surface area contributed by atoms with Gasteiger partial charge in [0.1, 0.15) is 5.76 Å². The topological polar surface area (TPSA) is 101 Å². The Kier molecular flexibility index (Phi) is 5.85. The van der Waals surface area contributed by atoms with E-state index in [2.05, 4.69) is 15.2 Å². The Bertz CT molecular complexity index is 1050. The first kappa shape index (κ1) is 20.2. The summed E-state index contributed by atoms with van der Waals surface area (Å²) in [6, 6.07) is 9.07. The zero-order chi connectivity index (χ0) is 21.1. The molecule has 3 N–H and O–H groups in total. The number of nitrogens with one attached hydrogen (secondary N) is 1. The summed E-state index contributed by atoms with van der Waals surface area (Å²) in [5, 5.41) is 4.91. The minimum absolute atomic E-state index is 0.0843. The van der Waals surface area contributed by atoms with E-state index < -0.39 is 5.91 Å². The summed E-state index contributed by atoms with van der Waals surface area (Å²) in [4.78, 5) is 32.1. The molecule has 1 aliphatic rings. The molecule has 0 saturated carbocycles. The first-order chi connectivity index (χ1) is 14.5. The lowest BCUT2D eigenvalue weighted by Crippen LogP contribution is -2.30. The normalized spacial score (nSPS) is 14.0. The standard InChI is InChI=1S/C22H24N4O3S/c1-14-16(25-22(29-14)19-6-5-11-30-19)13-20(27)24-17-12-15(21(23)28)7-8-18(17)26-9-3-2-4-10-26/h5-8,11-12H,2-4,9-10,13H2,1H3,(H2,23,28)(H,24,27). The van der Waals surface area contributed by atoms with E-state index in [9.17, 15) is 9.59 Å².